The molecule has 0 radical (unpaired) electrons. The van der Waals surface area contributed by atoms with Gasteiger partial charge in [0.05, 0.1) is 0 Å². The first-order chi connectivity index (χ1) is 9.54. The Bertz CT molecular complexity index is 616. The number of carbonyl (C=O) groups excluding carboxylic acids is 1. The summed E-state index contributed by atoms with van der Waals surface area (Å²) in [6, 6.07) is 10.6. The maximum atomic E-state index is 12.0. The van der Waals surface area contributed by atoms with Crippen molar-refractivity contribution in [3.63, 3.8) is 0 Å². The normalized spacial score (nSPS) is 11.9. The molecule has 104 valence electrons. The first kappa shape index (κ1) is 14.3. The highest BCUT2D eigenvalue weighted by Crippen LogP contribution is 2.12. The minimum atomic E-state index is -0.260. The average molecular weight is 291 g/mol. The van der Waals surface area contributed by atoms with Gasteiger partial charge in [-0.3, -0.25) is 4.79 Å². The summed E-state index contributed by atoms with van der Waals surface area (Å²) in [7, 11) is 0. The Hall–Kier alpha value is -2.07. The summed E-state index contributed by atoms with van der Waals surface area (Å²) in [5, 5.41) is 14.7. The van der Waals surface area contributed by atoms with Crippen molar-refractivity contribution in [3.05, 3.63) is 70.1 Å². The average Bonchev–Trinajstić information content (AvgIpc) is 2.38. The summed E-state index contributed by atoms with van der Waals surface area (Å²) >= 11 is 5.92. The van der Waals surface area contributed by atoms with Gasteiger partial charge in [0.1, 0.15) is 5.56 Å². The quantitative estimate of drug-likeness (QED) is 0.694. The van der Waals surface area contributed by atoms with Crippen molar-refractivity contribution in [2.75, 3.05) is 0 Å². The number of nitrogens with one attached hydrogen (secondary N) is 1. The van der Waals surface area contributed by atoms with Gasteiger partial charge in [-0.25, -0.2) is 0 Å². The van der Waals surface area contributed by atoms with Crippen LogP contribution in [0.25, 0.3) is 0 Å². The van der Waals surface area contributed by atoms with Crippen LogP contribution < -0.4 is 10.0 Å². The molecule has 1 N–H and O–H groups in total. The van der Waals surface area contributed by atoms with E-state index in [1.807, 2.05) is 31.2 Å². The second-order valence-corrected chi connectivity index (χ2v) is 5.10. The van der Waals surface area contributed by atoms with Crippen LogP contribution >= 0.6 is 11.6 Å². The van der Waals surface area contributed by atoms with Crippen LogP contribution in [-0.4, -0.2) is 11.9 Å². The molecule has 20 heavy (non-hydrogen) atoms. The van der Waals surface area contributed by atoms with Crippen molar-refractivity contribution in [1.29, 1.82) is 0 Å². The molecule has 0 fully saturated rings. The molecule has 0 aliphatic heterocycles. The zero-order valence-electron chi connectivity index (χ0n) is 11.0. The number of pyridine rings is 1. The zero-order chi connectivity index (χ0) is 14.5. The first-order valence-electron chi connectivity index (χ1n) is 6.29. The second kappa shape index (κ2) is 6.39. The van der Waals surface area contributed by atoms with E-state index in [2.05, 4.69) is 5.32 Å². The van der Waals surface area contributed by atoms with Crippen LogP contribution in [-0.2, 0) is 6.42 Å². The lowest BCUT2D eigenvalue weighted by Crippen LogP contribution is -2.36. The molecule has 0 saturated heterocycles. The van der Waals surface area contributed by atoms with Gasteiger partial charge in [-0.15, -0.1) is 0 Å². The third kappa shape index (κ3) is 3.96. The van der Waals surface area contributed by atoms with E-state index >= 15 is 0 Å². The Morgan fingerprint density at radius 2 is 2.20 bits per heavy atom. The number of rotatable bonds is 4. The van der Waals surface area contributed by atoms with Crippen LogP contribution in [0.2, 0.25) is 5.02 Å². The van der Waals surface area contributed by atoms with Gasteiger partial charge in [-0.05, 0) is 37.1 Å². The fourth-order valence-electron chi connectivity index (χ4n) is 1.96. The van der Waals surface area contributed by atoms with Gasteiger partial charge in [0.25, 0.3) is 5.91 Å². The van der Waals surface area contributed by atoms with Crippen molar-refractivity contribution in [1.82, 2.24) is 5.32 Å². The molecule has 1 amide bonds. The molecule has 1 aromatic carbocycles. The van der Waals surface area contributed by atoms with E-state index in [4.69, 9.17) is 11.6 Å². The predicted octanol–water partition coefficient (Wildman–Crippen LogP) is 2.33. The number of nitrogens with zero attached hydrogens (tertiary/aromatic N) is 1. The van der Waals surface area contributed by atoms with E-state index in [0.29, 0.717) is 21.7 Å². The van der Waals surface area contributed by atoms with Crippen LogP contribution in [0.3, 0.4) is 0 Å². The third-order valence-electron chi connectivity index (χ3n) is 2.85. The standard InChI is InChI=1S/C15H15ClN2O2/c1-11(8-12-4-2-6-14(16)9-12)17-15(19)13-5-3-7-18(20)10-13/h2-7,9-11H,8H2,1H3,(H,17,19)/t11-/m0/s1. The molecule has 0 aliphatic carbocycles. The summed E-state index contributed by atoms with van der Waals surface area (Å²) in [5.41, 5.74) is 1.40. The minimum absolute atomic E-state index is 0.0544. The topological polar surface area (TPSA) is 56.0 Å². The Morgan fingerprint density at radius 1 is 1.40 bits per heavy atom. The van der Waals surface area contributed by atoms with Gasteiger partial charge >= 0.3 is 0 Å². The van der Waals surface area contributed by atoms with E-state index < -0.39 is 0 Å². The van der Waals surface area contributed by atoms with Gasteiger partial charge in [-0.1, -0.05) is 23.7 Å². The van der Waals surface area contributed by atoms with Gasteiger partial charge in [0.15, 0.2) is 12.4 Å². The van der Waals surface area contributed by atoms with Gasteiger partial charge in [0.2, 0.25) is 0 Å². The molecule has 0 spiro atoms. The highest BCUT2D eigenvalue weighted by molar-refractivity contribution is 6.30. The lowest BCUT2D eigenvalue weighted by molar-refractivity contribution is -0.605. The molecule has 2 rings (SSSR count). The molecule has 1 aromatic heterocycles. The smallest absolute Gasteiger partial charge is 0.257 e. The number of aromatic nitrogens is 1. The summed E-state index contributed by atoms with van der Waals surface area (Å²) in [4.78, 5) is 12.0. The number of amides is 1. The molecular formula is C15H15ClN2O2. The van der Waals surface area contributed by atoms with Gasteiger partial charge in [-0.2, -0.15) is 4.73 Å². The Morgan fingerprint density at radius 3 is 2.90 bits per heavy atom. The molecule has 4 nitrogen and oxygen atoms in total. The van der Waals surface area contributed by atoms with Gasteiger partial charge < -0.3 is 10.5 Å². The summed E-state index contributed by atoms with van der Waals surface area (Å²) in [6.45, 7) is 1.91. The molecule has 2 aromatic rings. The van der Waals surface area contributed by atoms with E-state index in [1.54, 1.807) is 12.1 Å². The Labute approximate surface area is 122 Å². The predicted molar refractivity (Wildman–Crippen MR) is 77.5 cm³/mol. The van der Waals surface area contributed by atoms with Crippen molar-refractivity contribution in [2.24, 2.45) is 0 Å². The van der Waals surface area contributed by atoms with Crippen molar-refractivity contribution < 1.29 is 9.52 Å². The SMILES string of the molecule is C[C@@H](Cc1cccc(Cl)c1)NC(=O)c1ccc[n+]([O-])c1. The fraction of sp³-hybridized carbons (Fsp3) is 0.200. The lowest BCUT2D eigenvalue weighted by atomic mass is 10.1. The third-order valence-corrected chi connectivity index (χ3v) is 3.08. The van der Waals surface area contributed by atoms with E-state index in [9.17, 15) is 10.0 Å². The molecule has 5 heteroatoms. The molecule has 0 aliphatic rings. The van der Waals surface area contributed by atoms with Crippen LogP contribution in [0.4, 0.5) is 0 Å². The number of carbonyl (C=O) groups is 1. The summed E-state index contributed by atoms with van der Waals surface area (Å²) in [6.07, 6.45) is 3.27. The summed E-state index contributed by atoms with van der Waals surface area (Å²) in [5.74, 6) is -0.260. The number of benzene rings is 1. The maximum absolute atomic E-state index is 12.0. The van der Waals surface area contributed by atoms with Gasteiger partial charge in [0, 0.05) is 17.1 Å². The highest BCUT2D eigenvalue weighted by Gasteiger charge is 2.12. The largest absolute Gasteiger partial charge is 0.619 e. The molecule has 0 unspecified atom stereocenters. The Balaban J connectivity index is 1.97. The van der Waals surface area contributed by atoms with E-state index in [1.165, 1.54) is 12.4 Å². The minimum Gasteiger partial charge on any atom is -0.619 e. The number of hydrogen-bond donors (Lipinski definition) is 1. The van der Waals surface area contributed by atoms with Crippen LogP contribution in [0.15, 0.2) is 48.8 Å². The molecule has 1 heterocycles. The number of hydrogen-bond acceptors (Lipinski definition) is 2. The highest BCUT2D eigenvalue weighted by atomic mass is 35.5. The molecular weight excluding hydrogens is 276 g/mol. The second-order valence-electron chi connectivity index (χ2n) is 4.66. The van der Waals surface area contributed by atoms with Crippen molar-refractivity contribution in [2.45, 2.75) is 19.4 Å². The lowest BCUT2D eigenvalue weighted by Gasteiger charge is -2.14. The molecule has 0 bridgehead atoms. The van der Waals surface area contributed by atoms with Crippen LogP contribution in [0.5, 0.6) is 0 Å². The maximum Gasteiger partial charge on any atom is 0.257 e. The van der Waals surface area contributed by atoms with Crippen molar-refractivity contribution in [3.8, 4) is 0 Å². The molecule has 1 atom stereocenters. The monoisotopic (exact) mass is 290 g/mol. The van der Waals surface area contributed by atoms with Crippen LogP contribution in [0, 0.1) is 5.21 Å². The van der Waals surface area contributed by atoms with Crippen LogP contribution in [0.1, 0.15) is 22.8 Å². The molecule has 0 saturated carbocycles. The van der Waals surface area contributed by atoms with E-state index in [-0.39, 0.29) is 11.9 Å². The zero-order valence-corrected chi connectivity index (χ0v) is 11.8. The number of halogens is 1. The van der Waals surface area contributed by atoms with Crippen molar-refractivity contribution >= 4 is 17.5 Å². The summed E-state index contributed by atoms with van der Waals surface area (Å²) < 4.78 is 0.608. The fourth-order valence-corrected chi connectivity index (χ4v) is 2.18. The Kier molecular flexibility index (Phi) is 4.58. The first-order valence-corrected chi connectivity index (χ1v) is 6.66. The van der Waals surface area contributed by atoms with E-state index in [0.717, 1.165) is 5.56 Å².